The molecule has 7 nitrogen and oxygen atoms in total. The van der Waals surface area contributed by atoms with Gasteiger partial charge in [0, 0.05) is 12.6 Å². The summed E-state index contributed by atoms with van der Waals surface area (Å²) in [6.07, 6.45) is 4.19. The van der Waals surface area contributed by atoms with E-state index in [1.165, 1.54) is 0 Å². The molecule has 1 aromatic heterocycles. The highest BCUT2D eigenvalue weighted by Crippen LogP contribution is 2.28. The van der Waals surface area contributed by atoms with Crippen LogP contribution in [0.5, 0.6) is 0 Å². The number of carbonyl (C=O) groups is 2. The van der Waals surface area contributed by atoms with Gasteiger partial charge in [0.15, 0.2) is 0 Å². The fourth-order valence-corrected chi connectivity index (χ4v) is 5.05. The smallest absolute Gasteiger partial charge is 0.247 e. The van der Waals surface area contributed by atoms with Gasteiger partial charge in [-0.3, -0.25) is 9.59 Å². The highest BCUT2D eigenvalue weighted by molar-refractivity contribution is 5.89. The number of hydrogen-bond acceptors (Lipinski definition) is 4. The number of aromatic nitrogens is 3. The summed E-state index contributed by atoms with van der Waals surface area (Å²) in [5, 5.41) is 11.7. The van der Waals surface area contributed by atoms with Gasteiger partial charge in [-0.2, -0.15) is 0 Å². The number of rotatable bonds is 8. The summed E-state index contributed by atoms with van der Waals surface area (Å²) in [5.41, 5.74) is 4.28. The highest BCUT2D eigenvalue weighted by Gasteiger charge is 2.34. The van der Waals surface area contributed by atoms with Gasteiger partial charge >= 0.3 is 0 Å². The zero-order valence-electron chi connectivity index (χ0n) is 20.5. The molecule has 1 fully saturated rings. The lowest BCUT2D eigenvalue weighted by molar-refractivity contribution is -0.142. The first-order valence-electron chi connectivity index (χ1n) is 12.6. The van der Waals surface area contributed by atoms with Crippen LogP contribution in [0.1, 0.15) is 48.4 Å². The third-order valence-corrected chi connectivity index (χ3v) is 6.97. The average Bonchev–Trinajstić information content (AvgIpc) is 3.55. The van der Waals surface area contributed by atoms with E-state index in [-0.39, 0.29) is 24.4 Å². The van der Waals surface area contributed by atoms with Crippen LogP contribution < -0.4 is 5.32 Å². The molecule has 7 heteroatoms. The summed E-state index contributed by atoms with van der Waals surface area (Å²) in [6.45, 7) is 2.29. The highest BCUT2D eigenvalue weighted by atomic mass is 16.2. The molecular formula is C29H31N5O2. The number of para-hydroxylation sites is 1. The van der Waals surface area contributed by atoms with Crippen molar-refractivity contribution in [3.63, 3.8) is 0 Å². The first-order valence-corrected chi connectivity index (χ1v) is 12.6. The molecule has 36 heavy (non-hydrogen) atoms. The first kappa shape index (κ1) is 23.7. The van der Waals surface area contributed by atoms with Gasteiger partial charge in [-0.25, -0.2) is 4.68 Å². The predicted molar refractivity (Wildman–Crippen MR) is 139 cm³/mol. The number of carbonyl (C=O) groups excluding carboxylic acids is 2. The minimum atomic E-state index is -0.755. The Morgan fingerprint density at radius 2 is 1.67 bits per heavy atom. The molecule has 1 heterocycles. The second-order valence-corrected chi connectivity index (χ2v) is 9.49. The number of nitrogens with one attached hydrogen (secondary N) is 1. The van der Waals surface area contributed by atoms with E-state index < -0.39 is 6.04 Å². The van der Waals surface area contributed by atoms with E-state index in [4.69, 9.17) is 0 Å². The molecule has 3 aromatic carbocycles. The van der Waals surface area contributed by atoms with Crippen LogP contribution in [0.25, 0.3) is 11.0 Å². The average molecular weight is 482 g/mol. The van der Waals surface area contributed by atoms with Crippen LogP contribution in [-0.4, -0.2) is 37.7 Å². The van der Waals surface area contributed by atoms with Crippen molar-refractivity contribution in [2.24, 2.45) is 0 Å². The molecular weight excluding hydrogens is 450 g/mol. The molecule has 0 aliphatic heterocycles. The van der Waals surface area contributed by atoms with Gasteiger partial charge < -0.3 is 10.2 Å². The van der Waals surface area contributed by atoms with E-state index in [0.29, 0.717) is 6.54 Å². The summed E-state index contributed by atoms with van der Waals surface area (Å²) in [7, 11) is 0. The second-order valence-electron chi connectivity index (χ2n) is 9.49. The molecule has 1 atom stereocenters. The maximum absolute atomic E-state index is 14.0. The standard InChI is InChI=1S/C29H31N5O2/c1-21-11-5-8-16-24(21)28(29(36)30-23-14-6-7-15-23)33(19-22-12-3-2-4-13-22)27(35)20-34-26-18-10-9-17-25(26)31-32-34/h2-5,8-13,16-18,23,28H,6-7,14-15,19-20H2,1H3,(H,30,36)/t28-/m0/s1. The summed E-state index contributed by atoms with van der Waals surface area (Å²) in [4.78, 5) is 29.5. The Bertz CT molecular complexity index is 1340. The molecule has 1 aliphatic rings. The summed E-state index contributed by atoms with van der Waals surface area (Å²) < 4.78 is 1.61. The fourth-order valence-electron chi connectivity index (χ4n) is 5.05. The zero-order chi connectivity index (χ0) is 24.9. The minimum Gasteiger partial charge on any atom is -0.351 e. The van der Waals surface area contributed by atoms with Gasteiger partial charge in [-0.15, -0.1) is 5.10 Å². The zero-order valence-corrected chi connectivity index (χ0v) is 20.5. The van der Waals surface area contributed by atoms with Crippen LogP contribution in [-0.2, 0) is 22.7 Å². The fraction of sp³-hybridized carbons (Fsp3) is 0.310. The van der Waals surface area contributed by atoms with E-state index in [2.05, 4.69) is 15.6 Å². The Morgan fingerprint density at radius 3 is 2.44 bits per heavy atom. The maximum Gasteiger partial charge on any atom is 0.247 e. The van der Waals surface area contributed by atoms with Crippen molar-refractivity contribution in [1.82, 2.24) is 25.2 Å². The van der Waals surface area contributed by atoms with Gasteiger partial charge in [-0.05, 0) is 48.6 Å². The van der Waals surface area contributed by atoms with Crippen LogP contribution in [0.2, 0.25) is 0 Å². The van der Waals surface area contributed by atoms with Crippen LogP contribution >= 0.6 is 0 Å². The molecule has 0 bridgehead atoms. The van der Waals surface area contributed by atoms with Crippen molar-refractivity contribution in [1.29, 1.82) is 0 Å². The Morgan fingerprint density at radius 1 is 0.972 bits per heavy atom. The largest absolute Gasteiger partial charge is 0.351 e. The Balaban J connectivity index is 1.53. The van der Waals surface area contributed by atoms with E-state index in [9.17, 15) is 9.59 Å². The van der Waals surface area contributed by atoms with Gasteiger partial charge in [0.1, 0.15) is 18.1 Å². The number of amides is 2. The monoisotopic (exact) mass is 481 g/mol. The van der Waals surface area contributed by atoms with E-state index in [1.54, 1.807) is 9.58 Å². The molecule has 1 aliphatic carbocycles. The minimum absolute atomic E-state index is 0.00750. The number of benzene rings is 3. The molecule has 0 spiro atoms. The van der Waals surface area contributed by atoms with E-state index in [1.807, 2.05) is 85.8 Å². The molecule has 184 valence electrons. The molecule has 1 N–H and O–H groups in total. The Kier molecular flexibility index (Phi) is 7.07. The van der Waals surface area contributed by atoms with Crippen molar-refractivity contribution < 1.29 is 9.59 Å². The third kappa shape index (κ3) is 5.15. The molecule has 0 unspecified atom stereocenters. The summed E-state index contributed by atoms with van der Waals surface area (Å²) >= 11 is 0. The van der Waals surface area contributed by atoms with Crippen LogP contribution in [0.3, 0.4) is 0 Å². The molecule has 4 aromatic rings. The molecule has 1 saturated carbocycles. The van der Waals surface area contributed by atoms with Gasteiger partial charge in [0.2, 0.25) is 11.8 Å². The number of hydrogen-bond donors (Lipinski definition) is 1. The van der Waals surface area contributed by atoms with Crippen LogP contribution in [0, 0.1) is 6.92 Å². The van der Waals surface area contributed by atoms with Crippen molar-refractivity contribution in [3.8, 4) is 0 Å². The third-order valence-electron chi connectivity index (χ3n) is 6.97. The summed E-state index contributed by atoms with van der Waals surface area (Å²) in [6, 6.07) is 24.6. The van der Waals surface area contributed by atoms with Crippen LogP contribution in [0.15, 0.2) is 78.9 Å². The number of fused-ring (bicyclic) bond motifs is 1. The number of aryl methyl sites for hydroxylation is 1. The first-order chi connectivity index (χ1) is 17.6. The second kappa shape index (κ2) is 10.7. The van der Waals surface area contributed by atoms with Crippen molar-refractivity contribution in [2.45, 2.75) is 57.8 Å². The molecule has 5 rings (SSSR count). The van der Waals surface area contributed by atoms with Gasteiger partial charge in [-0.1, -0.05) is 84.8 Å². The van der Waals surface area contributed by atoms with Gasteiger partial charge in [0.05, 0.1) is 5.52 Å². The Labute approximate surface area is 211 Å². The molecule has 0 saturated heterocycles. The van der Waals surface area contributed by atoms with Crippen molar-refractivity contribution >= 4 is 22.8 Å². The van der Waals surface area contributed by atoms with Crippen molar-refractivity contribution in [2.75, 3.05) is 0 Å². The lowest BCUT2D eigenvalue weighted by Crippen LogP contribution is -2.47. The lowest BCUT2D eigenvalue weighted by atomic mass is 9.97. The normalized spacial score (nSPS) is 14.6. The van der Waals surface area contributed by atoms with Crippen molar-refractivity contribution in [3.05, 3.63) is 95.6 Å². The molecule has 0 radical (unpaired) electrons. The lowest BCUT2D eigenvalue weighted by Gasteiger charge is -2.33. The topological polar surface area (TPSA) is 80.1 Å². The molecule has 2 amide bonds. The number of nitrogens with zero attached hydrogens (tertiary/aromatic N) is 4. The Hall–Kier alpha value is -4.00. The summed E-state index contributed by atoms with van der Waals surface area (Å²) in [5.74, 6) is -0.326. The quantitative estimate of drug-likeness (QED) is 0.400. The maximum atomic E-state index is 14.0. The van der Waals surface area contributed by atoms with Crippen LogP contribution in [0.4, 0.5) is 0 Å². The predicted octanol–water partition coefficient (Wildman–Crippen LogP) is 4.57. The van der Waals surface area contributed by atoms with E-state index in [0.717, 1.165) is 53.4 Å². The SMILES string of the molecule is Cc1ccccc1[C@@H](C(=O)NC1CCCC1)N(Cc1ccccc1)C(=O)Cn1nnc2ccccc21. The van der Waals surface area contributed by atoms with Gasteiger partial charge in [0.25, 0.3) is 0 Å². The van der Waals surface area contributed by atoms with E-state index >= 15 is 0 Å².